The average Bonchev–Trinajstić information content (AvgIpc) is 3.09. The molecule has 142 valence electrons. The summed E-state index contributed by atoms with van der Waals surface area (Å²) in [5.74, 6) is -2.63. The van der Waals surface area contributed by atoms with Crippen LogP contribution in [0.5, 0.6) is 0 Å². The van der Waals surface area contributed by atoms with Gasteiger partial charge in [-0.15, -0.1) is 0 Å². The number of aromatic amines is 1. The Bertz CT molecular complexity index is 1000. The highest BCUT2D eigenvalue weighted by atomic mass is 16.2. The van der Waals surface area contributed by atoms with Crippen LogP contribution in [-0.2, 0) is 16.0 Å². The Morgan fingerprint density at radius 3 is 2.54 bits per heavy atom. The number of carbonyl (C=O) groups is 3. The van der Waals surface area contributed by atoms with Crippen LogP contribution < -0.4 is 11.1 Å². The molecule has 0 bridgehead atoms. The lowest BCUT2D eigenvalue weighted by atomic mass is 10.0. The number of hydrogen-bond donors (Lipinski definition) is 3. The smallest absolute Gasteiger partial charge is 0.287 e. The third-order valence-electron chi connectivity index (χ3n) is 4.14. The van der Waals surface area contributed by atoms with Gasteiger partial charge in [0, 0.05) is 30.7 Å². The molecule has 1 unspecified atom stereocenters. The molecule has 9 heteroatoms. The minimum atomic E-state index is -1.12. The van der Waals surface area contributed by atoms with Gasteiger partial charge in [-0.25, -0.2) is 0 Å². The SMILES string of the molecule is Cc1[nH]nc(C(=O)NC(Cc2ccncc2)C(=O)C(N)=O)c1-c1ccccn1. The first-order chi connectivity index (χ1) is 13.5. The van der Waals surface area contributed by atoms with Gasteiger partial charge in [-0.2, -0.15) is 5.10 Å². The van der Waals surface area contributed by atoms with Crippen LogP contribution in [0.4, 0.5) is 0 Å². The number of nitrogens with two attached hydrogens (primary N) is 1. The zero-order valence-electron chi connectivity index (χ0n) is 15.0. The third kappa shape index (κ3) is 4.09. The predicted octanol–water partition coefficient (Wildman–Crippen LogP) is 0.571. The molecule has 9 nitrogen and oxygen atoms in total. The Morgan fingerprint density at radius 2 is 1.89 bits per heavy atom. The molecule has 1 atom stereocenters. The molecule has 3 heterocycles. The summed E-state index contributed by atoms with van der Waals surface area (Å²) in [4.78, 5) is 44.6. The van der Waals surface area contributed by atoms with E-state index in [1.807, 2.05) is 0 Å². The molecule has 4 N–H and O–H groups in total. The summed E-state index contributed by atoms with van der Waals surface area (Å²) in [6, 6.07) is 7.55. The van der Waals surface area contributed by atoms with Crippen molar-refractivity contribution in [3.8, 4) is 11.3 Å². The van der Waals surface area contributed by atoms with Crippen LogP contribution in [0.15, 0.2) is 48.9 Å². The van der Waals surface area contributed by atoms with Gasteiger partial charge in [0.1, 0.15) is 6.04 Å². The van der Waals surface area contributed by atoms with Gasteiger partial charge in [-0.3, -0.25) is 29.5 Å². The Labute approximate surface area is 160 Å². The van der Waals surface area contributed by atoms with Crippen molar-refractivity contribution in [1.29, 1.82) is 0 Å². The lowest BCUT2D eigenvalue weighted by Crippen LogP contribution is -2.47. The number of amides is 2. The highest BCUT2D eigenvalue weighted by Crippen LogP contribution is 2.23. The molecule has 0 aromatic carbocycles. The average molecular weight is 378 g/mol. The number of aromatic nitrogens is 4. The summed E-state index contributed by atoms with van der Waals surface area (Å²) in [6.07, 6.45) is 4.81. The molecular weight excluding hydrogens is 360 g/mol. The normalized spacial score (nSPS) is 11.6. The monoisotopic (exact) mass is 378 g/mol. The zero-order chi connectivity index (χ0) is 20.1. The van der Waals surface area contributed by atoms with Crippen LogP contribution in [0.1, 0.15) is 21.7 Å². The van der Waals surface area contributed by atoms with Crippen molar-refractivity contribution >= 4 is 17.6 Å². The summed E-state index contributed by atoms with van der Waals surface area (Å²) in [7, 11) is 0. The van der Waals surface area contributed by atoms with Crippen molar-refractivity contribution in [2.45, 2.75) is 19.4 Å². The fourth-order valence-corrected chi connectivity index (χ4v) is 2.78. The van der Waals surface area contributed by atoms with E-state index >= 15 is 0 Å². The van der Waals surface area contributed by atoms with Crippen molar-refractivity contribution in [1.82, 2.24) is 25.5 Å². The van der Waals surface area contributed by atoms with Gasteiger partial charge in [0.2, 0.25) is 5.78 Å². The lowest BCUT2D eigenvalue weighted by molar-refractivity contribution is -0.137. The largest absolute Gasteiger partial charge is 0.363 e. The topological polar surface area (TPSA) is 144 Å². The standard InChI is InChI=1S/C19H18N6O3/c1-11-15(13-4-2-3-7-22-13)16(25-24-11)19(28)23-14(17(26)18(20)27)10-12-5-8-21-9-6-12/h2-9,14H,10H2,1H3,(H2,20,27)(H,23,28)(H,24,25). The molecular formula is C19H18N6O3. The Morgan fingerprint density at radius 1 is 1.14 bits per heavy atom. The van der Waals surface area contributed by atoms with E-state index in [1.54, 1.807) is 55.8 Å². The van der Waals surface area contributed by atoms with Crippen molar-refractivity contribution < 1.29 is 14.4 Å². The molecule has 2 amide bonds. The van der Waals surface area contributed by atoms with Gasteiger partial charge in [0.25, 0.3) is 11.8 Å². The van der Waals surface area contributed by atoms with E-state index in [9.17, 15) is 14.4 Å². The van der Waals surface area contributed by atoms with Gasteiger partial charge in [0.05, 0.1) is 11.3 Å². The molecule has 3 rings (SSSR count). The number of rotatable bonds is 7. The number of nitrogens with zero attached hydrogens (tertiary/aromatic N) is 3. The fourth-order valence-electron chi connectivity index (χ4n) is 2.78. The summed E-state index contributed by atoms with van der Waals surface area (Å²) in [5.41, 5.74) is 7.67. The third-order valence-corrected chi connectivity index (χ3v) is 4.14. The van der Waals surface area contributed by atoms with Crippen molar-refractivity contribution in [2.24, 2.45) is 5.73 Å². The van der Waals surface area contributed by atoms with Crippen molar-refractivity contribution in [3.05, 3.63) is 65.9 Å². The van der Waals surface area contributed by atoms with Crippen LogP contribution in [0.2, 0.25) is 0 Å². The highest BCUT2D eigenvalue weighted by Gasteiger charge is 2.28. The number of primary amides is 1. The second kappa shape index (κ2) is 8.21. The van der Waals surface area contributed by atoms with E-state index in [2.05, 4.69) is 25.5 Å². The molecule has 3 aromatic heterocycles. The Kier molecular flexibility index (Phi) is 5.54. The quantitative estimate of drug-likeness (QED) is 0.513. The predicted molar refractivity (Wildman–Crippen MR) is 100.0 cm³/mol. The van der Waals surface area contributed by atoms with Crippen LogP contribution in [0.3, 0.4) is 0 Å². The first-order valence-electron chi connectivity index (χ1n) is 8.47. The first kappa shape index (κ1) is 18.9. The molecule has 0 fully saturated rings. The van der Waals surface area contributed by atoms with Crippen LogP contribution >= 0.6 is 0 Å². The molecule has 28 heavy (non-hydrogen) atoms. The molecule has 0 saturated carbocycles. The lowest BCUT2D eigenvalue weighted by Gasteiger charge is -2.16. The molecule has 0 aliphatic carbocycles. The number of hydrogen-bond acceptors (Lipinski definition) is 6. The Hall–Kier alpha value is -3.88. The minimum absolute atomic E-state index is 0.0770. The highest BCUT2D eigenvalue weighted by molar-refractivity contribution is 6.38. The minimum Gasteiger partial charge on any atom is -0.363 e. The number of H-pyrrole nitrogens is 1. The van der Waals surface area contributed by atoms with Crippen LogP contribution in [-0.4, -0.2) is 43.8 Å². The van der Waals surface area contributed by atoms with Gasteiger partial charge in [-0.1, -0.05) is 6.07 Å². The number of Topliss-reactive ketones (excluding diaryl/α,β-unsaturated/α-hetero) is 1. The number of aryl methyl sites for hydroxylation is 1. The molecule has 0 aliphatic rings. The van der Waals surface area contributed by atoms with Gasteiger partial charge in [0.15, 0.2) is 5.69 Å². The second-order valence-corrected chi connectivity index (χ2v) is 6.10. The van der Waals surface area contributed by atoms with E-state index in [0.29, 0.717) is 17.0 Å². The maximum Gasteiger partial charge on any atom is 0.287 e. The molecule has 0 saturated heterocycles. The maximum absolute atomic E-state index is 12.8. The van der Waals surface area contributed by atoms with E-state index in [-0.39, 0.29) is 12.1 Å². The van der Waals surface area contributed by atoms with E-state index in [0.717, 1.165) is 5.56 Å². The summed E-state index contributed by atoms with van der Waals surface area (Å²) in [6.45, 7) is 1.76. The summed E-state index contributed by atoms with van der Waals surface area (Å²) >= 11 is 0. The Balaban J connectivity index is 1.89. The molecule has 3 aromatic rings. The summed E-state index contributed by atoms with van der Waals surface area (Å²) in [5, 5.41) is 9.36. The van der Waals surface area contributed by atoms with Gasteiger partial charge < -0.3 is 11.1 Å². The second-order valence-electron chi connectivity index (χ2n) is 6.10. The van der Waals surface area contributed by atoms with Crippen LogP contribution in [0, 0.1) is 6.92 Å². The first-order valence-corrected chi connectivity index (χ1v) is 8.47. The number of nitrogens with one attached hydrogen (secondary N) is 2. The van der Waals surface area contributed by atoms with E-state index < -0.39 is 23.6 Å². The van der Waals surface area contributed by atoms with E-state index in [1.165, 1.54) is 0 Å². The van der Waals surface area contributed by atoms with Crippen LogP contribution in [0.25, 0.3) is 11.3 Å². The number of pyridine rings is 2. The van der Waals surface area contributed by atoms with Gasteiger partial charge in [-0.05, 0) is 36.8 Å². The molecule has 0 aliphatic heterocycles. The zero-order valence-corrected chi connectivity index (χ0v) is 15.0. The molecule has 0 radical (unpaired) electrons. The molecule has 0 spiro atoms. The van der Waals surface area contributed by atoms with Crippen molar-refractivity contribution in [2.75, 3.05) is 0 Å². The number of carbonyl (C=O) groups excluding carboxylic acids is 3. The summed E-state index contributed by atoms with van der Waals surface area (Å²) < 4.78 is 0. The van der Waals surface area contributed by atoms with Gasteiger partial charge >= 0.3 is 0 Å². The van der Waals surface area contributed by atoms with E-state index in [4.69, 9.17) is 5.73 Å². The number of ketones is 1. The maximum atomic E-state index is 12.8. The van der Waals surface area contributed by atoms with Crippen molar-refractivity contribution in [3.63, 3.8) is 0 Å². The fraction of sp³-hybridized carbons (Fsp3) is 0.158.